The lowest BCUT2D eigenvalue weighted by Crippen LogP contribution is -2.56. The highest BCUT2D eigenvalue weighted by atomic mass is 19.4. The van der Waals surface area contributed by atoms with Gasteiger partial charge in [0.1, 0.15) is 0 Å². The number of benzene rings is 2. The SMILES string of the molecule is O=C(c1cc(C(F)(F)F)cc(C(F)(F)F)c1)N1CCN(CCCO)CC1Cc1c[nH]c2ccccc12. The minimum absolute atomic E-state index is 0.0171. The molecule has 36 heavy (non-hydrogen) atoms. The molecule has 2 heterocycles. The zero-order valence-corrected chi connectivity index (χ0v) is 19.2. The maximum Gasteiger partial charge on any atom is 0.416 e. The summed E-state index contributed by atoms with van der Waals surface area (Å²) in [5, 5.41) is 10.1. The summed E-state index contributed by atoms with van der Waals surface area (Å²) in [4.78, 5) is 20.0. The van der Waals surface area contributed by atoms with Gasteiger partial charge < -0.3 is 15.0 Å². The molecule has 0 spiro atoms. The fourth-order valence-electron chi connectivity index (χ4n) is 4.66. The van der Waals surface area contributed by atoms with Gasteiger partial charge in [0.2, 0.25) is 0 Å². The first-order valence-electron chi connectivity index (χ1n) is 11.5. The van der Waals surface area contributed by atoms with Gasteiger partial charge in [-0.1, -0.05) is 18.2 Å². The van der Waals surface area contributed by atoms with Crippen LogP contribution in [0.1, 0.15) is 33.5 Å². The van der Waals surface area contributed by atoms with Crippen LogP contribution in [0.25, 0.3) is 10.9 Å². The fraction of sp³-hybridized carbons (Fsp3) is 0.400. The number of alkyl halides is 6. The Hall–Kier alpha value is -3.05. The number of piperazine rings is 1. The number of nitrogens with zero attached hydrogens (tertiary/aromatic N) is 2. The average Bonchev–Trinajstić information content (AvgIpc) is 3.24. The molecule has 1 saturated heterocycles. The van der Waals surface area contributed by atoms with Crippen molar-refractivity contribution in [2.45, 2.75) is 31.2 Å². The number of rotatable bonds is 6. The predicted molar refractivity (Wildman–Crippen MR) is 121 cm³/mol. The molecule has 0 aliphatic carbocycles. The van der Waals surface area contributed by atoms with Crippen LogP contribution in [0, 0.1) is 0 Å². The van der Waals surface area contributed by atoms with Crippen LogP contribution in [0.4, 0.5) is 26.3 Å². The highest BCUT2D eigenvalue weighted by Gasteiger charge is 2.39. The number of hydrogen-bond acceptors (Lipinski definition) is 3. The Morgan fingerprint density at radius 2 is 1.67 bits per heavy atom. The maximum absolute atomic E-state index is 13.4. The third kappa shape index (κ3) is 5.67. The van der Waals surface area contributed by atoms with Crippen molar-refractivity contribution in [2.24, 2.45) is 0 Å². The van der Waals surface area contributed by atoms with E-state index in [2.05, 4.69) is 4.98 Å². The summed E-state index contributed by atoms with van der Waals surface area (Å²) in [7, 11) is 0. The Morgan fingerprint density at radius 1 is 1.00 bits per heavy atom. The molecule has 11 heteroatoms. The van der Waals surface area contributed by atoms with Gasteiger partial charge in [-0.05, 0) is 42.7 Å². The van der Waals surface area contributed by atoms with E-state index in [1.807, 2.05) is 29.2 Å². The molecule has 1 fully saturated rings. The van der Waals surface area contributed by atoms with Crippen LogP contribution in [0.2, 0.25) is 0 Å². The molecule has 1 atom stereocenters. The minimum atomic E-state index is -5.04. The van der Waals surface area contributed by atoms with Crippen molar-refractivity contribution in [3.63, 3.8) is 0 Å². The number of carbonyl (C=O) groups excluding carboxylic acids is 1. The summed E-state index contributed by atoms with van der Waals surface area (Å²) in [6, 6.07) is 8.01. The number of nitrogens with one attached hydrogen (secondary N) is 1. The summed E-state index contributed by atoms with van der Waals surface area (Å²) in [5.41, 5.74) is -1.92. The Bertz CT molecular complexity index is 1190. The van der Waals surface area contributed by atoms with Gasteiger partial charge in [-0.25, -0.2) is 0 Å². The predicted octanol–water partition coefficient (Wildman–Crippen LogP) is 4.96. The Morgan fingerprint density at radius 3 is 2.31 bits per heavy atom. The monoisotopic (exact) mass is 513 g/mol. The number of para-hydroxylation sites is 1. The number of fused-ring (bicyclic) bond motifs is 1. The number of halogens is 6. The Balaban J connectivity index is 1.68. The van der Waals surface area contributed by atoms with E-state index in [1.54, 1.807) is 6.20 Å². The normalized spacial score (nSPS) is 17.6. The van der Waals surface area contributed by atoms with Crippen molar-refractivity contribution in [1.29, 1.82) is 0 Å². The van der Waals surface area contributed by atoms with E-state index in [0.29, 0.717) is 44.6 Å². The lowest BCUT2D eigenvalue weighted by Gasteiger charge is -2.41. The zero-order chi connectivity index (χ0) is 26.1. The zero-order valence-electron chi connectivity index (χ0n) is 19.2. The standard InChI is InChI=1S/C25H25F6N3O2/c26-24(27,28)18-10-16(11-19(13-18)25(29,30)31)23(36)34-8-7-33(6-3-9-35)15-20(34)12-17-14-32-22-5-2-1-4-21(17)22/h1-2,4-5,10-11,13-14,20,32,35H,3,6-9,12,15H2. The number of aliphatic hydroxyl groups excluding tert-OH is 1. The first-order chi connectivity index (χ1) is 17.0. The van der Waals surface area contributed by atoms with Gasteiger partial charge in [-0.3, -0.25) is 9.69 Å². The molecular weight excluding hydrogens is 488 g/mol. The first-order valence-corrected chi connectivity index (χ1v) is 11.5. The molecule has 2 N–H and O–H groups in total. The summed E-state index contributed by atoms with van der Waals surface area (Å²) < 4.78 is 80.2. The molecule has 2 aromatic carbocycles. The van der Waals surface area contributed by atoms with Crippen molar-refractivity contribution < 1.29 is 36.2 Å². The van der Waals surface area contributed by atoms with E-state index in [9.17, 15) is 36.2 Å². The van der Waals surface area contributed by atoms with E-state index in [1.165, 1.54) is 4.90 Å². The lowest BCUT2D eigenvalue weighted by molar-refractivity contribution is -0.143. The lowest BCUT2D eigenvalue weighted by atomic mass is 9.98. The van der Waals surface area contributed by atoms with Gasteiger partial charge in [0, 0.05) is 61.5 Å². The molecule has 1 unspecified atom stereocenters. The summed E-state index contributed by atoms with van der Waals surface area (Å²) in [6.07, 6.45) is -7.41. The molecule has 0 bridgehead atoms. The second-order valence-electron chi connectivity index (χ2n) is 8.89. The van der Waals surface area contributed by atoms with Gasteiger partial charge in [0.25, 0.3) is 5.91 Å². The van der Waals surface area contributed by atoms with Crippen molar-refractivity contribution in [2.75, 3.05) is 32.8 Å². The molecule has 194 valence electrons. The second kappa shape index (κ2) is 10.1. The van der Waals surface area contributed by atoms with Crippen LogP contribution in [-0.2, 0) is 18.8 Å². The third-order valence-corrected chi connectivity index (χ3v) is 6.43. The topological polar surface area (TPSA) is 59.6 Å². The number of aromatic nitrogens is 1. The largest absolute Gasteiger partial charge is 0.416 e. The van der Waals surface area contributed by atoms with Gasteiger partial charge in [-0.2, -0.15) is 26.3 Å². The average molecular weight is 513 g/mol. The van der Waals surface area contributed by atoms with Crippen LogP contribution in [-0.4, -0.2) is 64.6 Å². The molecule has 3 aromatic rings. The van der Waals surface area contributed by atoms with Crippen LogP contribution in [0.15, 0.2) is 48.7 Å². The van der Waals surface area contributed by atoms with Gasteiger partial charge in [0.05, 0.1) is 11.1 Å². The van der Waals surface area contributed by atoms with E-state index < -0.39 is 41.0 Å². The summed E-state index contributed by atoms with van der Waals surface area (Å²) in [5.74, 6) is -0.877. The number of amides is 1. The van der Waals surface area contributed by atoms with Crippen molar-refractivity contribution >= 4 is 16.8 Å². The molecular formula is C25H25F6N3O2. The highest BCUT2D eigenvalue weighted by molar-refractivity contribution is 5.95. The van der Waals surface area contributed by atoms with Crippen molar-refractivity contribution in [3.8, 4) is 0 Å². The van der Waals surface area contributed by atoms with E-state index >= 15 is 0 Å². The smallest absolute Gasteiger partial charge is 0.396 e. The molecule has 0 radical (unpaired) electrons. The quantitative estimate of drug-likeness (QED) is 0.459. The molecule has 1 amide bonds. The van der Waals surface area contributed by atoms with E-state index in [-0.39, 0.29) is 19.2 Å². The number of H-pyrrole nitrogens is 1. The summed E-state index contributed by atoms with van der Waals surface area (Å²) in [6.45, 7) is 1.44. The number of carbonyl (C=O) groups is 1. The number of aliphatic hydroxyl groups is 1. The highest BCUT2D eigenvalue weighted by Crippen LogP contribution is 2.37. The van der Waals surface area contributed by atoms with E-state index in [0.717, 1.165) is 16.5 Å². The van der Waals surface area contributed by atoms with Crippen LogP contribution in [0.3, 0.4) is 0 Å². The minimum Gasteiger partial charge on any atom is -0.396 e. The Kier molecular flexibility index (Phi) is 7.33. The molecule has 1 aliphatic heterocycles. The van der Waals surface area contributed by atoms with Gasteiger partial charge in [-0.15, -0.1) is 0 Å². The van der Waals surface area contributed by atoms with Crippen LogP contribution in [0.5, 0.6) is 0 Å². The van der Waals surface area contributed by atoms with Crippen LogP contribution < -0.4 is 0 Å². The second-order valence-corrected chi connectivity index (χ2v) is 8.89. The first kappa shape index (κ1) is 26.0. The molecule has 1 aliphatic rings. The van der Waals surface area contributed by atoms with E-state index in [4.69, 9.17) is 0 Å². The molecule has 5 nitrogen and oxygen atoms in total. The summed E-state index contributed by atoms with van der Waals surface area (Å²) >= 11 is 0. The van der Waals surface area contributed by atoms with Gasteiger partial charge >= 0.3 is 12.4 Å². The maximum atomic E-state index is 13.4. The number of hydrogen-bond donors (Lipinski definition) is 2. The molecule has 4 rings (SSSR count). The van der Waals surface area contributed by atoms with Gasteiger partial charge in [0.15, 0.2) is 0 Å². The Labute approximate surface area is 203 Å². The van der Waals surface area contributed by atoms with Crippen molar-refractivity contribution in [3.05, 3.63) is 70.9 Å². The molecule has 0 saturated carbocycles. The van der Waals surface area contributed by atoms with Crippen LogP contribution >= 0.6 is 0 Å². The number of aromatic amines is 1. The fourth-order valence-corrected chi connectivity index (χ4v) is 4.66. The molecule has 1 aromatic heterocycles. The van der Waals surface area contributed by atoms with Crippen molar-refractivity contribution in [1.82, 2.24) is 14.8 Å². The third-order valence-electron chi connectivity index (χ3n) is 6.43.